The molecule has 0 fully saturated rings. The van der Waals surface area contributed by atoms with Gasteiger partial charge in [0.1, 0.15) is 0 Å². The Labute approximate surface area is 200 Å². The van der Waals surface area contributed by atoms with E-state index in [2.05, 4.69) is 87.5 Å². The Hall–Kier alpha value is -4.11. The van der Waals surface area contributed by atoms with Crippen molar-refractivity contribution in [3.05, 3.63) is 108 Å². The van der Waals surface area contributed by atoms with Gasteiger partial charge in [-0.1, -0.05) is 104 Å². The van der Waals surface area contributed by atoms with Crippen molar-refractivity contribution in [2.75, 3.05) is 0 Å². The number of benzene rings is 4. The molecule has 0 saturated carbocycles. The maximum Gasteiger partial charge on any atom is 0.164 e. The molecule has 0 aliphatic rings. The summed E-state index contributed by atoms with van der Waals surface area (Å²) in [5, 5.41) is 4.83. The lowest BCUT2D eigenvalue weighted by molar-refractivity contribution is 1.03. The molecule has 0 spiro atoms. The summed E-state index contributed by atoms with van der Waals surface area (Å²) in [6.07, 6.45) is 7.26. The Bertz CT molecular complexity index is 1550. The minimum Gasteiger partial charge on any atom is -0.209 e. The topological polar surface area (TPSA) is 38.7 Å². The van der Waals surface area contributed by atoms with Crippen molar-refractivity contribution >= 4 is 27.1 Å². The average molecular weight is 442 g/mol. The van der Waals surface area contributed by atoms with Crippen molar-refractivity contribution in [2.45, 2.75) is 27.2 Å². The van der Waals surface area contributed by atoms with E-state index >= 15 is 0 Å². The van der Waals surface area contributed by atoms with Gasteiger partial charge in [-0.15, -0.1) is 0 Å². The lowest BCUT2D eigenvalue weighted by Crippen LogP contribution is -2.03. The van der Waals surface area contributed by atoms with Crippen molar-refractivity contribution in [3.63, 3.8) is 0 Å². The van der Waals surface area contributed by atoms with Crippen LogP contribution in [0.1, 0.15) is 31.7 Å². The number of aromatic nitrogens is 3. The van der Waals surface area contributed by atoms with Gasteiger partial charge in [0, 0.05) is 11.1 Å². The van der Waals surface area contributed by atoms with Crippen LogP contribution < -0.4 is 0 Å². The van der Waals surface area contributed by atoms with E-state index in [9.17, 15) is 0 Å². The lowest BCUT2D eigenvalue weighted by atomic mass is 9.92. The van der Waals surface area contributed by atoms with Crippen molar-refractivity contribution in [2.24, 2.45) is 0 Å². The van der Waals surface area contributed by atoms with Gasteiger partial charge < -0.3 is 0 Å². The van der Waals surface area contributed by atoms with Crippen molar-refractivity contribution < 1.29 is 0 Å². The molecular formula is C31H27N3. The predicted molar refractivity (Wildman–Crippen MR) is 144 cm³/mol. The van der Waals surface area contributed by atoms with Gasteiger partial charge in [0.25, 0.3) is 0 Å². The van der Waals surface area contributed by atoms with E-state index in [1.54, 1.807) is 0 Å². The number of aryl methyl sites for hydroxylation is 1. The molecule has 1 aromatic heterocycles. The van der Waals surface area contributed by atoms with E-state index in [-0.39, 0.29) is 0 Å². The molecule has 0 aliphatic carbocycles. The summed E-state index contributed by atoms with van der Waals surface area (Å²) in [5.74, 6) is 2.08. The Kier molecular flexibility index (Phi) is 6.01. The molecule has 5 rings (SSSR count). The van der Waals surface area contributed by atoms with Crippen LogP contribution in [-0.2, 0) is 0 Å². The van der Waals surface area contributed by atoms with Crippen LogP contribution in [0.4, 0.5) is 0 Å². The Morgan fingerprint density at radius 3 is 2.00 bits per heavy atom. The Morgan fingerprint density at radius 2 is 1.29 bits per heavy atom. The second kappa shape index (κ2) is 9.40. The number of allylic oxidation sites excluding steroid dienone is 4. The van der Waals surface area contributed by atoms with Crippen molar-refractivity contribution in [3.8, 4) is 22.8 Å². The molecule has 166 valence electrons. The minimum atomic E-state index is 0.685. The number of hydrogen-bond acceptors (Lipinski definition) is 3. The van der Waals surface area contributed by atoms with Gasteiger partial charge in [-0.25, -0.2) is 15.0 Å². The van der Waals surface area contributed by atoms with Gasteiger partial charge in [0.05, 0.1) is 0 Å². The second-order valence-corrected chi connectivity index (χ2v) is 8.45. The first-order valence-electron chi connectivity index (χ1n) is 11.7. The van der Waals surface area contributed by atoms with E-state index in [1.807, 2.05) is 30.3 Å². The zero-order valence-electron chi connectivity index (χ0n) is 19.8. The lowest BCUT2D eigenvalue weighted by Gasteiger charge is -2.15. The van der Waals surface area contributed by atoms with Gasteiger partial charge in [0.15, 0.2) is 17.5 Å². The van der Waals surface area contributed by atoms with Crippen LogP contribution in [0.3, 0.4) is 0 Å². The van der Waals surface area contributed by atoms with E-state index in [0.717, 1.165) is 28.5 Å². The number of fused-ring (bicyclic) bond motifs is 3. The molecule has 34 heavy (non-hydrogen) atoms. The van der Waals surface area contributed by atoms with Crippen LogP contribution in [0, 0.1) is 6.92 Å². The highest BCUT2D eigenvalue weighted by molar-refractivity contribution is 6.15. The van der Waals surface area contributed by atoms with Crippen molar-refractivity contribution in [1.29, 1.82) is 0 Å². The van der Waals surface area contributed by atoms with Crippen LogP contribution in [0.2, 0.25) is 0 Å². The summed E-state index contributed by atoms with van der Waals surface area (Å²) in [5.41, 5.74) is 4.23. The summed E-state index contributed by atoms with van der Waals surface area (Å²) in [4.78, 5) is 14.9. The van der Waals surface area contributed by atoms with Crippen LogP contribution >= 0.6 is 0 Å². The highest BCUT2D eigenvalue weighted by Crippen LogP contribution is 2.37. The summed E-state index contributed by atoms with van der Waals surface area (Å²) >= 11 is 0. The first-order valence-corrected chi connectivity index (χ1v) is 11.7. The Morgan fingerprint density at radius 1 is 0.706 bits per heavy atom. The van der Waals surface area contributed by atoms with Gasteiger partial charge >= 0.3 is 0 Å². The predicted octanol–water partition coefficient (Wildman–Crippen LogP) is 8.19. The van der Waals surface area contributed by atoms with Crippen LogP contribution in [0.25, 0.3) is 49.9 Å². The molecule has 0 unspecified atom stereocenters. The zero-order valence-corrected chi connectivity index (χ0v) is 19.8. The molecule has 5 aromatic rings. The maximum absolute atomic E-state index is 5.00. The van der Waals surface area contributed by atoms with Gasteiger partial charge in [0.2, 0.25) is 0 Å². The summed E-state index contributed by atoms with van der Waals surface area (Å²) in [6, 6.07) is 27.2. The molecule has 0 saturated heterocycles. The third-order valence-corrected chi connectivity index (χ3v) is 6.15. The van der Waals surface area contributed by atoms with Gasteiger partial charge in [-0.05, 0) is 52.9 Å². The maximum atomic E-state index is 5.00. The van der Waals surface area contributed by atoms with Crippen LogP contribution in [0.15, 0.2) is 97.1 Å². The minimum absolute atomic E-state index is 0.685. The molecule has 0 bridgehead atoms. The highest BCUT2D eigenvalue weighted by Gasteiger charge is 2.18. The van der Waals surface area contributed by atoms with E-state index < -0.39 is 0 Å². The average Bonchev–Trinajstić information content (AvgIpc) is 2.89. The molecule has 0 radical (unpaired) electrons. The fourth-order valence-corrected chi connectivity index (χ4v) is 4.41. The fourth-order valence-electron chi connectivity index (χ4n) is 4.41. The smallest absolute Gasteiger partial charge is 0.164 e. The first-order chi connectivity index (χ1) is 16.7. The normalized spacial score (nSPS) is 12.1. The zero-order chi connectivity index (χ0) is 23.5. The standard InChI is InChI=1S/C31H27N3/c1-4-5-7-14-21(2)29-32-30(23-15-8-6-9-16-23)34-31(33-29)28-22(3)24-17-10-11-18-25(24)26-19-12-13-20-27(26)28/h5-20H,4H2,1-3H3/b7-5-,21-14+. The monoisotopic (exact) mass is 441 g/mol. The van der Waals surface area contributed by atoms with E-state index in [1.165, 1.54) is 21.7 Å². The molecule has 3 heteroatoms. The first kappa shape index (κ1) is 21.7. The Balaban J connectivity index is 1.83. The quantitative estimate of drug-likeness (QED) is 0.204. The van der Waals surface area contributed by atoms with Gasteiger partial charge in [-0.2, -0.15) is 0 Å². The van der Waals surface area contributed by atoms with Gasteiger partial charge in [-0.3, -0.25) is 0 Å². The molecule has 0 amide bonds. The largest absolute Gasteiger partial charge is 0.209 e. The summed E-state index contributed by atoms with van der Waals surface area (Å²) in [6.45, 7) is 6.35. The summed E-state index contributed by atoms with van der Waals surface area (Å²) in [7, 11) is 0. The van der Waals surface area contributed by atoms with Crippen molar-refractivity contribution in [1.82, 2.24) is 15.0 Å². The number of hydrogen-bond donors (Lipinski definition) is 0. The fraction of sp³-hybridized carbons (Fsp3) is 0.129. The van der Waals surface area contributed by atoms with E-state index in [4.69, 9.17) is 15.0 Å². The van der Waals surface area contributed by atoms with E-state index in [0.29, 0.717) is 17.5 Å². The number of nitrogens with zero attached hydrogens (tertiary/aromatic N) is 3. The molecule has 1 heterocycles. The molecule has 0 aliphatic heterocycles. The third-order valence-electron chi connectivity index (χ3n) is 6.15. The number of rotatable bonds is 5. The highest BCUT2D eigenvalue weighted by atomic mass is 15.0. The molecule has 4 aromatic carbocycles. The molecular weight excluding hydrogens is 414 g/mol. The molecule has 0 N–H and O–H groups in total. The summed E-state index contributed by atoms with van der Waals surface area (Å²) < 4.78 is 0. The van der Waals surface area contributed by atoms with Crippen LogP contribution in [-0.4, -0.2) is 15.0 Å². The second-order valence-electron chi connectivity index (χ2n) is 8.45. The molecule has 0 atom stereocenters. The van der Waals surface area contributed by atoms with Crippen LogP contribution in [0.5, 0.6) is 0 Å². The SMILES string of the molecule is CC/C=C\C=C(/C)c1nc(-c2ccccc2)nc(-c2c(C)c3ccccc3c3ccccc23)n1. The third kappa shape index (κ3) is 4.01. The molecule has 3 nitrogen and oxygen atoms in total.